The van der Waals surface area contributed by atoms with Crippen LogP contribution >= 0.6 is 11.6 Å². The van der Waals surface area contributed by atoms with Crippen molar-refractivity contribution in [3.63, 3.8) is 0 Å². The van der Waals surface area contributed by atoms with E-state index in [-0.39, 0.29) is 11.3 Å². The van der Waals surface area contributed by atoms with Gasteiger partial charge in [-0.05, 0) is 37.0 Å². The Morgan fingerprint density at radius 3 is 2.59 bits per heavy atom. The number of rotatable bonds is 6. The van der Waals surface area contributed by atoms with Gasteiger partial charge in [-0.1, -0.05) is 37.1 Å². The highest BCUT2D eigenvalue weighted by Crippen LogP contribution is 2.34. The first-order valence-electron chi connectivity index (χ1n) is 7.94. The van der Waals surface area contributed by atoms with Crippen molar-refractivity contribution in [2.75, 3.05) is 19.8 Å². The van der Waals surface area contributed by atoms with Crippen LogP contribution in [0.2, 0.25) is 5.02 Å². The van der Waals surface area contributed by atoms with Gasteiger partial charge < -0.3 is 15.8 Å². The van der Waals surface area contributed by atoms with Crippen LogP contribution < -0.4 is 11.1 Å². The SMILES string of the molecule is CCCC(N)C(=O)NCC1(c2ccc(Cl)cc2)CCOCC1. The summed E-state index contributed by atoms with van der Waals surface area (Å²) in [6.45, 7) is 4.04. The molecule has 0 aliphatic carbocycles. The lowest BCUT2D eigenvalue weighted by molar-refractivity contribution is -0.123. The van der Waals surface area contributed by atoms with Crippen LogP contribution in [-0.2, 0) is 14.9 Å². The van der Waals surface area contributed by atoms with Crippen LogP contribution in [0.25, 0.3) is 0 Å². The molecule has 3 N–H and O–H groups in total. The van der Waals surface area contributed by atoms with E-state index >= 15 is 0 Å². The molecule has 1 fully saturated rings. The van der Waals surface area contributed by atoms with E-state index in [4.69, 9.17) is 22.1 Å². The molecule has 0 spiro atoms. The van der Waals surface area contributed by atoms with E-state index in [1.807, 2.05) is 31.2 Å². The van der Waals surface area contributed by atoms with Gasteiger partial charge in [0.05, 0.1) is 6.04 Å². The molecule has 1 unspecified atom stereocenters. The normalized spacial score (nSPS) is 18.7. The topological polar surface area (TPSA) is 64.4 Å². The predicted molar refractivity (Wildman–Crippen MR) is 89.1 cm³/mol. The number of nitrogens with two attached hydrogens (primary N) is 1. The van der Waals surface area contributed by atoms with Crippen LogP contribution in [-0.4, -0.2) is 31.7 Å². The Labute approximate surface area is 137 Å². The summed E-state index contributed by atoms with van der Waals surface area (Å²) in [5, 5.41) is 3.76. The molecule has 1 aliphatic rings. The van der Waals surface area contributed by atoms with Crippen molar-refractivity contribution in [2.24, 2.45) is 5.73 Å². The molecule has 2 rings (SSSR count). The van der Waals surface area contributed by atoms with Gasteiger partial charge in [0.1, 0.15) is 0 Å². The molecule has 1 atom stereocenters. The first kappa shape index (κ1) is 17.3. The molecule has 1 aromatic carbocycles. The maximum absolute atomic E-state index is 12.1. The fourth-order valence-electron chi connectivity index (χ4n) is 2.96. The molecule has 0 radical (unpaired) electrons. The summed E-state index contributed by atoms with van der Waals surface area (Å²) < 4.78 is 5.50. The van der Waals surface area contributed by atoms with Crippen molar-refractivity contribution in [3.05, 3.63) is 34.9 Å². The summed E-state index contributed by atoms with van der Waals surface area (Å²) in [4.78, 5) is 12.1. The fourth-order valence-corrected chi connectivity index (χ4v) is 3.09. The van der Waals surface area contributed by atoms with Crippen molar-refractivity contribution < 1.29 is 9.53 Å². The van der Waals surface area contributed by atoms with Crippen molar-refractivity contribution in [3.8, 4) is 0 Å². The maximum atomic E-state index is 12.1. The van der Waals surface area contributed by atoms with Crippen molar-refractivity contribution in [1.82, 2.24) is 5.32 Å². The molecule has 22 heavy (non-hydrogen) atoms. The summed E-state index contributed by atoms with van der Waals surface area (Å²) in [6.07, 6.45) is 3.39. The van der Waals surface area contributed by atoms with Gasteiger partial charge in [-0.25, -0.2) is 0 Å². The molecule has 0 aromatic heterocycles. The number of amides is 1. The van der Waals surface area contributed by atoms with E-state index in [0.717, 1.165) is 24.3 Å². The molecular weight excluding hydrogens is 300 g/mol. The van der Waals surface area contributed by atoms with Crippen molar-refractivity contribution in [1.29, 1.82) is 0 Å². The largest absolute Gasteiger partial charge is 0.381 e. The smallest absolute Gasteiger partial charge is 0.236 e. The minimum absolute atomic E-state index is 0.0679. The third-order valence-electron chi connectivity index (χ3n) is 4.44. The minimum atomic E-state index is -0.424. The zero-order valence-electron chi connectivity index (χ0n) is 13.1. The Kier molecular flexibility index (Phi) is 6.24. The number of halogens is 1. The van der Waals surface area contributed by atoms with E-state index in [1.54, 1.807) is 0 Å². The molecule has 0 bridgehead atoms. The number of carbonyl (C=O) groups is 1. The van der Waals surface area contributed by atoms with Crippen LogP contribution in [0, 0.1) is 0 Å². The van der Waals surface area contributed by atoms with Crippen LogP contribution in [0.5, 0.6) is 0 Å². The Morgan fingerprint density at radius 1 is 1.36 bits per heavy atom. The zero-order valence-corrected chi connectivity index (χ0v) is 13.9. The second kappa shape index (κ2) is 7.95. The van der Waals surface area contributed by atoms with Crippen molar-refractivity contribution in [2.45, 2.75) is 44.1 Å². The number of hydrogen-bond donors (Lipinski definition) is 2. The number of nitrogens with one attached hydrogen (secondary N) is 1. The molecule has 4 nitrogen and oxygen atoms in total. The Morgan fingerprint density at radius 2 is 2.00 bits per heavy atom. The van der Waals surface area contributed by atoms with Gasteiger partial charge in [-0.3, -0.25) is 4.79 Å². The maximum Gasteiger partial charge on any atom is 0.236 e. The first-order chi connectivity index (χ1) is 10.6. The molecule has 1 aromatic rings. The van der Waals surface area contributed by atoms with Gasteiger partial charge in [0.25, 0.3) is 0 Å². The van der Waals surface area contributed by atoms with Gasteiger partial charge in [-0.15, -0.1) is 0 Å². The number of carbonyl (C=O) groups excluding carboxylic acids is 1. The second-order valence-electron chi connectivity index (χ2n) is 6.01. The second-order valence-corrected chi connectivity index (χ2v) is 6.45. The monoisotopic (exact) mass is 324 g/mol. The fraction of sp³-hybridized carbons (Fsp3) is 0.588. The van der Waals surface area contributed by atoms with Gasteiger partial charge in [0.2, 0.25) is 5.91 Å². The van der Waals surface area contributed by atoms with E-state index in [9.17, 15) is 4.79 Å². The number of hydrogen-bond acceptors (Lipinski definition) is 3. The Balaban J connectivity index is 2.09. The summed E-state index contributed by atoms with van der Waals surface area (Å²) in [5.74, 6) is -0.0679. The molecule has 1 heterocycles. The minimum Gasteiger partial charge on any atom is -0.381 e. The summed E-state index contributed by atoms with van der Waals surface area (Å²) in [7, 11) is 0. The predicted octanol–water partition coefficient (Wildman–Crippen LogP) is 2.63. The van der Waals surface area contributed by atoms with Gasteiger partial charge in [-0.2, -0.15) is 0 Å². The highest BCUT2D eigenvalue weighted by molar-refractivity contribution is 6.30. The third kappa shape index (κ3) is 4.22. The molecule has 0 saturated carbocycles. The molecule has 122 valence electrons. The Hall–Kier alpha value is -1.10. The van der Waals surface area contributed by atoms with E-state index in [0.29, 0.717) is 26.2 Å². The van der Waals surface area contributed by atoms with E-state index in [1.165, 1.54) is 5.56 Å². The van der Waals surface area contributed by atoms with Crippen molar-refractivity contribution >= 4 is 17.5 Å². The highest BCUT2D eigenvalue weighted by atomic mass is 35.5. The molecular formula is C17H25ClN2O2. The molecule has 5 heteroatoms. The lowest BCUT2D eigenvalue weighted by Crippen LogP contribution is -2.48. The third-order valence-corrected chi connectivity index (χ3v) is 4.70. The highest BCUT2D eigenvalue weighted by Gasteiger charge is 2.35. The molecule has 1 aliphatic heterocycles. The van der Waals surface area contributed by atoms with E-state index < -0.39 is 6.04 Å². The lowest BCUT2D eigenvalue weighted by Gasteiger charge is -2.38. The molecule has 1 amide bonds. The standard InChI is InChI=1S/C17H25ClN2O2/c1-2-3-15(19)16(21)20-12-17(8-10-22-11-9-17)13-4-6-14(18)7-5-13/h4-7,15H,2-3,8-12,19H2,1H3,(H,20,21). The molecule has 1 saturated heterocycles. The lowest BCUT2D eigenvalue weighted by atomic mass is 9.74. The summed E-state index contributed by atoms with van der Waals surface area (Å²) >= 11 is 5.99. The average molecular weight is 325 g/mol. The van der Waals surface area contributed by atoms with Gasteiger partial charge in [0, 0.05) is 30.2 Å². The first-order valence-corrected chi connectivity index (χ1v) is 8.32. The quantitative estimate of drug-likeness (QED) is 0.845. The van der Waals surface area contributed by atoms with E-state index in [2.05, 4.69) is 5.32 Å². The summed E-state index contributed by atoms with van der Waals surface area (Å²) in [5.41, 5.74) is 7.00. The number of benzene rings is 1. The summed E-state index contributed by atoms with van der Waals surface area (Å²) in [6, 6.07) is 7.47. The van der Waals surface area contributed by atoms with Crippen LogP contribution in [0.15, 0.2) is 24.3 Å². The average Bonchev–Trinajstić information content (AvgIpc) is 2.54. The number of ether oxygens (including phenoxy) is 1. The van der Waals surface area contributed by atoms with Gasteiger partial charge in [0.15, 0.2) is 0 Å². The van der Waals surface area contributed by atoms with Gasteiger partial charge >= 0.3 is 0 Å². The van der Waals surface area contributed by atoms with Crippen LogP contribution in [0.3, 0.4) is 0 Å². The van der Waals surface area contributed by atoms with Crippen LogP contribution in [0.1, 0.15) is 38.2 Å². The van der Waals surface area contributed by atoms with Crippen LogP contribution in [0.4, 0.5) is 0 Å². The Bertz CT molecular complexity index is 484. The zero-order chi connectivity index (χ0) is 16.0.